The van der Waals surface area contributed by atoms with Crippen molar-refractivity contribution >= 4 is 29.1 Å². The summed E-state index contributed by atoms with van der Waals surface area (Å²) >= 11 is 0. The maximum absolute atomic E-state index is 12.0. The summed E-state index contributed by atoms with van der Waals surface area (Å²) in [7, 11) is 1.36. The largest absolute Gasteiger partial charge is 0.465 e. The van der Waals surface area contributed by atoms with Crippen LogP contribution in [-0.2, 0) is 4.74 Å². The summed E-state index contributed by atoms with van der Waals surface area (Å²) < 4.78 is 4.86. The summed E-state index contributed by atoms with van der Waals surface area (Å²) in [6, 6.07) is 15.3. The van der Waals surface area contributed by atoms with E-state index < -0.39 is 5.97 Å². The zero-order chi connectivity index (χ0) is 21.0. The van der Waals surface area contributed by atoms with Crippen molar-refractivity contribution in [2.45, 2.75) is 33.6 Å². The van der Waals surface area contributed by atoms with Gasteiger partial charge in [-0.05, 0) is 43.0 Å². The van der Waals surface area contributed by atoms with Crippen LogP contribution in [0.2, 0.25) is 0 Å². The van der Waals surface area contributed by atoms with Gasteiger partial charge in [0.15, 0.2) is 0 Å². The Balaban J connectivity index is 1.94. The maximum atomic E-state index is 12.0. The van der Waals surface area contributed by atoms with E-state index in [-0.39, 0.29) is 0 Å². The molecular weight excluding hydrogens is 364 g/mol. The second-order valence-corrected chi connectivity index (χ2v) is 7.20. The highest BCUT2D eigenvalue weighted by Gasteiger charge is 2.14. The number of hydrogen-bond acceptors (Lipinski definition) is 6. The molecule has 29 heavy (non-hydrogen) atoms. The normalized spacial score (nSPS) is 10.7. The summed E-state index contributed by atoms with van der Waals surface area (Å²) in [4.78, 5) is 21.1. The van der Waals surface area contributed by atoms with Crippen LogP contribution < -0.4 is 10.6 Å². The van der Waals surface area contributed by atoms with Crippen molar-refractivity contribution in [3.05, 3.63) is 70.9 Å². The SMILES string of the molecule is COC(=O)c1ccccc1Nc1nc(C)cc(Nc2c(C)cccc2C(C)C)n1. The van der Waals surface area contributed by atoms with Gasteiger partial charge in [-0.25, -0.2) is 9.78 Å². The van der Waals surface area contributed by atoms with Crippen LogP contribution in [0.15, 0.2) is 48.5 Å². The summed E-state index contributed by atoms with van der Waals surface area (Å²) in [6.07, 6.45) is 0. The lowest BCUT2D eigenvalue weighted by atomic mass is 9.98. The number of aromatic nitrogens is 2. The van der Waals surface area contributed by atoms with Gasteiger partial charge in [0, 0.05) is 17.4 Å². The third-order valence-corrected chi connectivity index (χ3v) is 4.61. The molecule has 0 aliphatic carbocycles. The first-order chi connectivity index (χ1) is 13.9. The molecule has 1 heterocycles. The molecule has 0 saturated heterocycles. The van der Waals surface area contributed by atoms with Gasteiger partial charge in [-0.1, -0.05) is 44.2 Å². The number of carbonyl (C=O) groups is 1. The predicted octanol–water partition coefficient (Wildman–Crippen LogP) is 5.49. The van der Waals surface area contributed by atoms with E-state index in [0.29, 0.717) is 28.9 Å². The molecule has 0 fully saturated rings. The lowest BCUT2D eigenvalue weighted by molar-refractivity contribution is 0.0602. The molecule has 6 nitrogen and oxygen atoms in total. The fraction of sp³-hybridized carbons (Fsp3) is 0.261. The van der Waals surface area contributed by atoms with Gasteiger partial charge >= 0.3 is 5.97 Å². The minimum atomic E-state index is -0.416. The van der Waals surface area contributed by atoms with Gasteiger partial charge in [0.1, 0.15) is 5.82 Å². The fourth-order valence-corrected chi connectivity index (χ4v) is 3.16. The van der Waals surface area contributed by atoms with Gasteiger partial charge in [-0.15, -0.1) is 0 Å². The van der Waals surface area contributed by atoms with Crippen LogP contribution in [0.1, 0.15) is 46.9 Å². The van der Waals surface area contributed by atoms with Crippen LogP contribution in [0.4, 0.5) is 23.1 Å². The Labute approximate surface area is 171 Å². The van der Waals surface area contributed by atoms with E-state index in [0.717, 1.165) is 16.9 Å². The minimum absolute atomic E-state index is 0.380. The van der Waals surface area contributed by atoms with E-state index in [1.54, 1.807) is 18.2 Å². The summed E-state index contributed by atoms with van der Waals surface area (Å²) in [5, 5.41) is 6.60. The molecule has 2 N–H and O–H groups in total. The van der Waals surface area contributed by atoms with Gasteiger partial charge in [-0.2, -0.15) is 4.98 Å². The average molecular weight is 390 g/mol. The number of benzene rings is 2. The fourth-order valence-electron chi connectivity index (χ4n) is 3.16. The first-order valence-electron chi connectivity index (χ1n) is 9.55. The highest BCUT2D eigenvalue weighted by Crippen LogP contribution is 2.30. The summed E-state index contributed by atoms with van der Waals surface area (Å²) in [5.41, 5.74) is 5.26. The lowest BCUT2D eigenvalue weighted by Gasteiger charge is -2.17. The topological polar surface area (TPSA) is 76.1 Å². The van der Waals surface area contributed by atoms with E-state index in [4.69, 9.17) is 4.74 Å². The quantitative estimate of drug-likeness (QED) is 0.542. The van der Waals surface area contributed by atoms with Crippen molar-refractivity contribution in [1.29, 1.82) is 0 Å². The van der Waals surface area contributed by atoms with E-state index in [1.165, 1.54) is 12.7 Å². The summed E-state index contributed by atoms with van der Waals surface area (Å²) in [5.74, 6) is 1.06. The first-order valence-corrected chi connectivity index (χ1v) is 9.55. The van der Waals surface area contributed by atoms with E-state index in [9.17, 15) is 4.79 Å². The molecule has 0 bridgehead atoms. The van der Waals surface area contributed by atoms with Crippen molar-refractivity contribution in [3.63, 3.8) is 0 Å². The number of esters is 1. The van der Waals surface area contributed by atoms with Gasteiger partial charge in [-0.3, -0.25) is 0 Å². The molecule has 0 unspecified atom stereocenters. The monoisotopic (exact) mass is 390 g/mol. The maximum Gasteiger partial charge on any atom is 0.339 e. The third-order valence-electron chi connectivity index (χ3n) is 4.61. The van der Waals surface area contributed by atoms with Crippen LogP contribution in [0.3, 0.4) is 0 Å². The van der Waals surface area contributed by atoms with Crippen LogP contribution >= 0.6 is 0 Å². The van der Waals surface area contributed by atoms with Crippen molar-refractivity contribution in [3.8, 4) is 0 Å². The van der Waals surface area contributed by atoms with Crippen LogP contribution in [-0.4, -0.2) is 23.0 Å². The Hall–Kier alpha value is -3.41. The third kappa shape index (κ3) is 4.71. The molecule has 3 aromatic rings. The standard InChI is InChI=1S/C23H26N4O2/c1-14(2)17-11-8-9-15(3)21(17)26-20-13-16(4)24-23(27-20)25-19-12-7-6-10-18(19)22(28)29-5/h6-14H,1-5H3,(H2,24,25,26,27). The Morgan fingerprint density at radius 3 is 2.48 bits per heavy atom. The van der Waals surface area contributed by atoms with Crippen molar-refractivity contribution in [2.24, 2.45) is 0 Å². The van der Waals surface area contributed by atoms with Crippen molar-refractivity contribution in [1.82, 2.24) is 9.97 Å². The molecule has 0 saturated carbocycles. The molecule has 0 spiro atoms. The van der Waals surface area contributed by atoms with E-state index in [1.807, 2.05) is 19.1 Å². The van der Waals surface area contributed by atoms with Gasteiger partial charge in [0.25, 0.3) is 0 Å². The number of ether oxygens (including phenoxy) is 1. The second kappa shape index (κ2) is 8.73. The first kappa shape index (κ1) is 20.3. The number of para-hydroxylation sites is 2. The number of anilines is 4. The number of hydrogen-bond donors (Lipinski definition) is 2. The van der Waals surface area contributed by atoms with Gasteiger partial charge in [0.2, 0.25) is 5.95 Å². The highest BCUT2D eigenvalue weighted by atomic mass is 16.5. The lowest BCUT2D eigenvalue weighted by Crippen LogP contribution is -2.08. The number of carbonyl (C=O) groups excluding carboxylic acids is 1. The molecule has 0 amide bonds. The Morgan fingerprint density at radius 1 is 1.00 bits per heavy atom. The molecule has 0 aliphatic heterocycles. The predicted molar refractivity (Wildman–Crippen MR) is 116 cm³/mol. The van der Waals surface area contributed by atoms with Gasteiger partial charge in [0.05, 0.1) is 18.4 Å². The molecular formula is C23H26N4O2. The molecule has 3 rings (SSSR count). The minimum Gasteiger partial charge on any atom is -0.465 e. The number of methoxy groups -OCH3 is 1. The highest BCUT2D eigenvalue weighted by molar-refractivity contribution is 5.96. The molecule has 1 aromatic heterocycles. The Morgan fingerprint density at radius 2 is 1.76 bits per heavy atom. The van der Waals surface area contributed by atoms with Crippen LogP contribution in [0.5, 0.6) is 0 Å². The summed E-state index contributed by atoms with van der Waals surface area (Å²) in [6.45, 7) is 8.32. The number of nitrogens with zero attached hydrogens (tertiary/aromatic N) is 2. The number of aryl methyl sites for hydroxylation is 2. The molecule has 150 valence electrons. The van der Waals surface area contributed by atoms with Crippen molar-refractivity contribution < 1.29 is 9.53 Å². The smallest absolute Gasteiger partial charge is 0.339 e. The Bertz CT molecular complexity index is 1030. The average Bonchev–Trinajstić information content (AvgIpc) is 2.68. The van der Waals surface area contributed by atoms with E-state index >= 15 is 0 Å². The molecule has 2 aromatic carbocycles. The second-order valence-electron chi connectivity index (χ2n) is 7.20. The number of nitrogens with one attached hydrogen (secondary N) is 2. The van der Waals surface area contributed by atoms with Gasteiger partial charge < -0.3 is 15.4 Å². The van der Waals surface area contributed by atoms with Crippen LogP contribution in [0.25, 0.3) is 0 Å². The van der Waals surface area contributed by atoms with Crippen molar-refractivity contribution in [2.75, 3.05) is 17.7 Å². The molecule has 6 heteroatoms. The number of rotatable bonds is 6. The molecule has 0 aliphatic rings. The Kier molecular flexibility index (Phi) is 6.12. The van der Waals surface area contributed by atoms with E-state index in [2.05, 4.69) is 59.6 Å². The zero-order valence-corrected chi connectivity index (χ0v) is 17.4. The molecule has 0 radical (unpaired) electrons. The zero-order valence-electron chi connectivity index (χ0n) is 17.4. The molecule has 0 atom stereocenters. The van der Waals surface area contributed by atoms with Crippen LogP contribution in [0, 0.1) is 13.8 Å².